The van der Waals surface area contributed by atoms with Crippen molar-refractivity contribution in [3.63, 3.8) is 0 Å². The van der Waals surface area contributed by atoms with Gasteiger partial charge in [0.15, 0.2) is 5.13 Å². The number of aromatic nitrogens is 1. The number of carbonyl (C=O) groups is 1. The quantitative estimate of drug-likeness (QED) is 0.416. The Balaban J connectivity index is 1.59. The number of thiophene rings is 1. The van der Waals surface area contributed by atoms with Gasteiger partial charge in [-0.25, -0.2) is 17.8 Å². The molecule has 1 amide bonds. The Labute approximate surface area is 211 Å². The van der Waals surface area contributed by atoms with E-state index >= 15 is 0 Å². The van der Waals surface area contributed by atoms with Crippen LogP contribution in [-0.4, -0.2) is 68.8 Å². The lowest BCUT2D eigenvalue weighted by Crippen LogP contribution is -2.47. The van der Waals surface area contributed by atoms with Crippen LogP contribution in [0.15, 0.2) is 34.5 Å². The third kappa shape index (κ3) is 5.44. The van der Waals surface area contributed by atoms with E-state index in [1.807, 2.05) is 19.0 Å². The number of amides is 1. The molecule has 0 radical (unpaired) electrons. The van der Waals surface area contributed by atoms with Crippen molar-refractivity contribution in [1.29, 1.82) is 0 Å². The molecule has 2 aromatic heterocycles. The maximum Gasteiger partial charge on any atom is 0.252 e. The fourth-order valence-corrected chi connectivity index (χ4v) is 8.18. The van der Waals surface area contributed by atoms with Crippen LogP contribution in [0.25, 0.3) is 10.2 Å². The van der Waals surface area contributed by atoms with Crippen molar-refractivity contribution < 1.29 is 17.6 Å². The molecule has 1 aliphatic rings. The van der Waals surface area contributed by atoms with E-state index in [0.717, 1.165) is 17.9 Å². The van der Waals surface area contributed by atoms with Crippen molar-refractivity contribution in [3.05, 3.63) is 40.5 Å². The van der Waals surface area contributed by atoms with E-state index < -0.39 is 21.8 Å². The molecular formula is C22H26ClFN4O3S3. The number of fused-ring (bicyclic) bond motifs is 1. The summed E-state index contributed by atoms with van der Waals surface area (Å²) in [6, 6.07) is 7.81. The van der Waals surface area contributed by atoms with Crippen LogP contribution in [0.2, 0.25) is 4.34 Å². The zero-order valence-corrected chi connectivity index (χ0v) is 22.1. The Morgan fingerprint density at radius 1 is 1.24 bits per heavy atom. The van der Waals surface area contributed by atoms with Gasteiger partial charge in [0.2, 0.25) is 5.91 Å². The molecule has 34 heavy (non-hydrogen) atoms. The molecule has 7 nitrogen and oxygen atoms in total. The molecule has 184 valence electrons. The van der Waals surface area contributed by atoms with Crippen molar-refractivity contribution in [2.75, 3.05) is 45.2 Å². The van der Waals surface area contributed by atoms with E-state index in [-0.39, 0.29) is 22.2 Å². The summed E-state index contributed by atoms with van der Waals surface area (Å²) in [5.74, 6) is -1.11. The molecule has 1 unspecified atom stereocenters. The van der Waals surface area contributed by atoms with Gasteiger partial charge in [0, 0.05) is 19.6 Å². The summed E-state index contributed by atoms with van der Waals surface area (Å²) in [7, 11) is 0.192. The number of piperidine rings is 1. The van der Waals surface area contributed by atoms with E-state index in [4.69, 9.17) is 11.6 Å². The third-order valence-electron chi connectivity index (χ3n) is 5.72. The molecule has 0 spiro atoms. The maximum absolute atomic E-state index is 14.3. The molecule has 12 heteroatoms. The van der Waals surface area contributed by atoms with Crippen LogP contribution in [0.4, 0.5) is 9.52 Å². The summed E-state index contributed by atoms with van der Waals surface area (Å²) in [5.41, 5.74) is 0.246. The van der Waals surface area contributed by atoms with Crippen LogP contribution in [0.5, 0.6) is 0 Å². The highest BCUT2D eigenvalue weighted by atomic mass is 35.5. The van der Waals surface area contributed by atoms with Crippen LogP contribution in [0, 0.1) is 11.7 Å². The number of thiazole rings is 1. The summed E-state index contributed by atoms with van der Waals surface area (Å²) in [5, 5.41) is 0.439. The lowest BCUT2D eigenvalue weighted by atomic mass is 9.98. The molecule has 0 aliphatic carbocycles. The van der Waals surface area contributed by atoms with Gasteiger partial charge in [0.05, 0.1) is 15.0 Å². The second kappa shape index (κ2) is 10.5. The largest absolute Gasteiger partial charge is 0.309 e. The van der Waals surface area contributed by atoms with Crippen LogP contribution in [0.3, 0.4) is 0 Å². The van der Waals surface area contributed by atoms with Crippen molar-refractivity contribution in [2.45, 2.75) is 23.5 Å². The number of benzene rings is 1. The first-order chi connectivity index (χ1) is 16.2. The highest BCUT2D eigenvalue weighted by molar-refractivity contribution is 7.91. The van der Waals surface area contributed by atoms with Gasteiger partial charge < -0.3 is 4.90 Å². The molecule has 0 N–H and O–H groups in total. The maximum atomic E-state index is 14.3. The van der Waals surface area contributed by atoms with Crippen LogP contribution < -0.4 is 4.90 Å². The molecule has 4 rings (SSSR count). The summed E-state index contributed by atoms with van der Waals surface area (Å²) in [6.07, 6.45) is 1.87. The SMILES string of the molecule is CN(C)CCCN(C(=O)C1CCCN(S(=O)(=O)c2ccc(Cl)s2)C1)c1nc2c(F)cccc2s1. The van der Waals surface area contributed by atoms with E-state index in [0.29, 0.717) is 46.5 Å². The zero-order chi connectivity index (χ0) is 24.5. The lowest BCUT2D eigenvalue weighted by molar-refractivity contribution is -0.123. The second-order valence-corrected chi connectivity index (χ2v) is 13.4. The molecule has 3 heterocycles. The van der Waals surface area contributed by atoms with Crippen molar-refractivity contribution >= 4 is 65.6 Å². The first-order valence-electron chi connectivity index (χ1n) is 10.9. The molecule has 1 aromatic carbocycles. The minimum atomic E-state index is -3.72. The molecule has 1 fully saturated rings. The highest BCUT2D eigenvalue weighted by Crippen LogP contribution is 2.34. The minimum absolute atomic E-state index is 0.0973. The number of carbonyl (C=O) groups excluding carboxylic acids is 1. The Hall–Kier alpha value is -1.63. The summed E-state index contributed by atoms with van der Waals surface area (Å²) >= 11 is 8.23. The van der Waals surface area contributed by atoms with Crippen LogP contribution >= 0.6 is 34.3 Å². The minimum Gasteiger partial charge on any atom is -0.309 e. The van der Waals surface area contributed by atoms with E-state index in [1.54, 1.807) is 23.1 Å². The summed E-state index contributed by atoms with van der Waals surface area (Å²) in [6.45, 7) is 1.64. The van der Waals surface area contributed by atoms with E-state index in [1.165, 1.54) is 27.8 Å². The Morgan fingerprint density at radius 3 is 2.71 bits per heavy atom. The second-order valence-electron chi connectivity index (χ2n) is 8.49. The molecule has 1 atom stereocenters. The van der Waals surface area contributed by atoms with Gasteiger partial charge in [-0.1, -0.05) is 29.0 Å². The first kappa shape index (κ1) is 25.5. The van der Waals surface area contributed by atoms with Crippen LogP contribution in [-0.2, 0) is 14.8 Å². The van der Waals surface area contributed by atoms with Gasteiger partial charge in [-0.15, -0.1) is 11.3 Å². The Kier molecular flexibility index (Phi) is 7.90. The average Bonchev–Trinajstić information content (AvgIpc) is 3.44. The normalized spacial score (nSPS) is 17.5. The highest BCUT2D eigenvalue weighted by Gasteiger charge is 2.36. The zero-order valence-electron chi connectivity index (χ0n) is 18.9. The Bertz CT molecular complexity index is 1280. The average molecular weight is 545 g/mol. The fraction of sp³-hybridized carbons (Fsp3) is 0.455. The van der Waals surface area contributed by atoms with Gasteiger partial charge in [0.1, 0.15) is 15.5 Å². The standard InChI is InChI=1S/C22H26ClFN4O3S3/c1-26(2)11-5-13-28(22-25-20-16(24)7-3-8-17(20)32-22)21(29)15-6-4-12-27(14-15)34(30,31)19-10-9-18(23)33-19/h3,7-10,15H,4-6,11-14H2,1-2H3. The van der Waals surface area contributed by atoms with Crippen LogP contribution in [0.1, 0.15) is 19.3 Å². The number of para-hydroxylation sites is 1. The topological polar surface area (TPSA) is 73.8 Å². The van der Waals surface area contributed by atoms with Gasteiger partial charge in [-0.05, 0) is 64.2 Å². The Morgan fingerprint density at radius 2 is 2.03 bits per heavy atom. The van der Waals surface area contributed by atoms with Crippen molar-refractivity contribution in [3.8, 4) is 0 Å². The van der Waals surface area contributed by atoms with Gasteiger partial charge >= 0.3 is 0 Å². The summed E-state index contributed by atoms with van der Waals surface area (Å²) in [4.78, 5) is 21.8. The number of nitrogens with zero attached hydrogens (tertiary/aromatic N) is 4. The third-order valence-corrected chi connectivity index (χ3v) is 10.3. The predicted octanol–water partition coefficient (Wildman–Crippen LogP) is 4.54. The predicted molar refractivity (Wildman–Crippen MR) is 136 cm³/mol. The lowest BCUT2D eigenvalue weighted by Gasteiger charge is -2.33. The number of sulfonamides is 1. The smallest absolute Gasteiger partial charge is 0.252 e. The van der Waals surface area contributed by atoms with Gasteiger partial charge in [0.25, 0.3) is 10.0 Å². The summed E-state index contributed by atoms with van der Waals surface area (Å²) < 4.78 is 43.1. The first-order valence-corrected chi connectivity index (χ1v) is 14.4. The number of rotatable bonds is 8. The molecule has 0 bridgehead atoms. The van der Waals surface area contributed by atoms with Crippen molar-refractivity contribution in [2.24, 2.45) is 5.92 Å². The molecule has 3 aromatic rings. The molecule has 1 saturated heterocycles. The number of halogens is 2. The number of anilines is 1. The number of hydrogen-bond acceptors (Lipinski definition) is 7. The molecule has 0 saturated carbocycles. The van der Waals surface area contributed by atoms with Crippen molar-refractivity contribution in [1.82, 2.24) is 14.2 Å². The van der Waals surface area contributed by atoms with E-state index in [2.05, 4.69) is 4.98 Å². The van der Waals surface area contributed by atoms with E-state index in [9.17, 15) is 17.6 Å². The monoisotopic (exact) mass is 544 g/mol. The molecule has 1 aliphatic heterocycles. The molecular weight excluding hydrogens is 519 g/mol. The fourth-order valence-electron chi connectivity index (χ4n) is 4.01. The van der Waals surface area contributed by atoms with Gasteiger partial charge in [-0.3, -0.25) is 9.69 Å². The number of hydrogen-bond donors (Lipinski definition) is 0. The van der Waals surface area contributed by atoms with Gasteiger partial charge in [-0.2, -0.15) is 4.31 Å².